The lowest BCUT2D eigenvalue weighted by Gasteiger charge is -2.20. The number of hydrogen-bond acceptors (Lipinski definition) is 6. The minimum Gasteiger partial charge on any atom is -0.487 e. The number of aliphatic hydroxyl groups is 2. The Morgan fingerprint density at radius 1 is 1.21 bits per heavy atom. The van der Waals surface area contributed by atoms with Gasteiger partial charge in [0.1, 0.15) is 29.7 Å². The van der Waals surface area contributed by atoms with Gasteiger partial charge in [0.25, 0.3) is 0 Å². The van der Waals surface area contributed by atoms with Gasteiger partial charge in [0, 0.05) is 43.2 Å². The molecule has 1 aliphatic carbocycles. The van der Waals surface area contributed by atoms with E-state index in [0.29, 0.717) is 24.4 Å². The van der Waals surface area contributed by atoms with Crippen LogP contribution in [0.15, 0.2) is 36.7 Å². The molecule has 1 unspecified atom stereocenters. The first-order valence-corrected chi connectivity index (χ1v) is 9.29. The maximum absolute atomic E-state index is 14.4. The number of fused-ring (bicyclic) bond motifs is 2. The molecule has 146 valence electrons. The molecule has 2 aliphatic rings. The molecule has 1 aromatic carbocycles. The Morgan fingerprint density at radius 2 is 2.07 bits per heavy atom. The van der Waals surface area contributed by atoms with Crippen LogP contribution in [0.3, 0.4) is 0 Å². The smallest absolute Gasteiger partial charge is 0.152 e. The fourth-order valence-electron chi connectivity index (χ4n) is 4.34. The van der Waals surface area contributed by atoms with Crippen LogP contribution in [0.4, 0.5) is 10.1 Å². The lowest BCUT2D eigenvalue weighted by molar-refractivity contribution is -0.0166. The normalized spacial score (nSPS) is 26.7. The van der Waals surface area contributed by atoms with Gasteiger partial charge in [0.2, 0.25) is 0 Å². The highest BCUT2D eigenvalue weighted by Crippen LogP contribution is 2.38. The van der Waals surface area contributed by atoms with E-state index in [2.05, 4.69) is 10.3 Å². The summed E-state index contributed by atoms with van der Waals surface area (Å²) < 4.78 is 22.1. The highest BCUT2D eigenvalue weighted by molar-refractivity contribution is 5.89. The first-order chi connectivity index (χ1) is 13.5. The lowest BCUT2D eigenvalue weighted by Crippen LogP contribution is -2.34. The predicted octanol–water partition coefficient (Wildman–Crippen LogP) is 1.47. The van der Waals surface area contributed by atoms with E-state index < -0.39 is 30.2 Å². The standard InChI is InChI=1S/C20H21FN4O3/c21-12-9-25(20-17(12)13(22)4-5-24-20)14-6-16(19(27)18(14)26)28-15-3-1-2-10-7-23-8-11(10)15/h1-5,9,14,16,18-19,23,26-27H,6-8H2,(H2,22,24)/t14?,16-,18+,19-/m1/s1. The fraction of sp³-hybridized carbons (Fsp3) is 0.350. The lowest BCUT2D eigenvalue weighted by atomic mass is 10.1. The Balaban J connectivity index is 1.47. The second kappa shape index (κ2) is 6.44. The third-order valence-corrected chi connectivity index (χ3v) is 5.78. The Kier molecular flexibility index (Phi) is 4.01. The zero-order chi connectivity index (χ0) is 19.4. The molecule has 0 spiro atoms. The van der Waals surface area contributed by atoms with Crippen LogP contribution < -0.4 is 15.8 Å². The van der Waals surface area contributed by atoms with Crippen molar-refractivity contribution < 1.29 is 19.3 Å². The molecule has 1 fully saturated rings. The number of ether oxygens (including phenoxy) is 1. The summed E-state index contributed by atoms with van der Waals surface area (Å²) in [5.41, 5.74) is 8.75. The molecule has 3 aromatic rings. The number of nitrogens with one attached hydrogen (secondary N) is 1. The second-order valence-corrected chi connectivity index (χ2v) is 7.42. The molecular weight excluding hydrogens is 363 g/mol. The fourth-order valence-corrected chi connectivity index (χ4v) is 4.34. The van der Waals surface area contributed by atoms with Gasteiger partial charge < -0.3 is 30.6 Å². The molecule has 4 atom stereocenters. The van der Waals surface area contributed by atoms with Gasteiger partial charge in [0.05, 0.1) is 11.4 Å². The van der Waals surface area contributed by atoms with E-state index in [1.807, 2.05) is 18.2 Å². The molecule has 0 bridgehead atoms. The molecule has 1 saturated carbocycles. The summed E-state index contributed by atoms with van der Waals surface area (Å²) in [6.45, 7) is 1.49. The summed E-state index contributed by atoms with van der Waals surface area (Å²) in [6, 6.07) is 6.78. The third-order valence-electron chi connectivity index (χ3n) is 5.78. The molecule has 3 heterocycles. The van der Waals surface area contributed by atoms with Gasteiger partial charge in [-0.3, -0.25) is 0 Å². The Morgan fingerprint density at radius 3 is 2.93 bits per heavy atom. The van der Waals surface area contributed by atoms with Crippen LogP contribution in [0.1, 0.15) is 23.6 Å². The van der Waals surface area contributed by atoms with Crippen molar-refractivity contribution in [3.8, 4) is 5.75 Å². The minimum absolute atomic E-state index is 0.223. The van der Waals surface area contributed by atoms with E-state index >= 15 is 0 Å². The third kappa shape index (κ3) is 2.56. The topological polar surface area (TPSA) is 106 Å². The van der Waals surface area contributed by atoms with Gasteiger partial charge in [-0.05, 0) is 17.7 Å². The van der Waals surface area contributed by atoms with E-state index in [-0.39, 0.29) is 11.1 Å². The number of nitrogens with zero attached hydrogens (tertiary/aromatic N) is 2. The zero-order valence-electron chi connectivity index (χ0n) is 15.0. The van der Waals surface area contributed by atoms with Crippen molar-refractivity contribution >= 4 is 16.7 Å². The van der Waals surface area contributed by atoms with Crippen molar-refractivity contribution in [1.29, 1.82) is 0 Å². The first-order valence-electron chi connectivity index (χ1n) is 9.29. The van der Waals surface area contributed by atoms with E-state index in [4.69, 9.17) is 10.5 Å². The van der Waals surface area contributed by atoms with E-state index in [0.717, 1.165) is 12.1 Å². The molecular formula is C20H21FN4O3. The second-order valence-electron chi connectivity index (χ2n) is 7.42. The molecule has 2 aromatic heterocycles. The summed E-state index contributed by atoms with van der Waals surface area (Å²) in [6.07, 6.45) is 0.267. The number of aromatic nitrogens is 2. The molecule has 0 amide bonds. The minimum atomic E-state index is -1.11. The molecule has 0 saturated heterocycles. The number of aliphatic hydroxyl groups excluding tert-OH is 2. The Bertz CT molecular complexity index is 1050. The van der Waals surface area contributed by atoms with Crippen molar-refractivity contribution in [2.75, 3.05) is 5.73 Å². The number of pyridine rings is 1. The molecule has 1 aliphatic heterocycles. The highest BCUT2D eigenvalue weighted by atomic mass is 19.1. The molecule has 28 heavy (non-hydrogen) atoms. The van der Waals surface area contributed by atoms with Crippen LogP contribution in [-0.4, -0.2) is 38.1 Å². The van der Waals surface area contributed by atoms with Crippen molar-refractivity contribution in [2.24, 2.45) is 0 Å². The van der Waals surface area contributed by atoms with E-state index in [9.17, 15) is 14.6 Å². The monoisotopic (exact) mass is 384 g/mol. The number of benzene rings is 1. The number of hydrogen-bond donors (Lipinski definition) is 4. The number of anilines is 1. The van der Waals surface area contributed by atoms with Crippen LogP contribution in [0, 0.1) is 5.82 Å². The van der Waals surface area contributed by atoms with Crippen LogP contribution in [-0.2, 0) is 13.1 Å². The van der Waals surface area contributed by atoms with E-state index in [1.54, 1.807) is 4.57 Å². The van der Waals surface area contributed by atoms with Crippen molar-refractivity contribution in [1.82, 2.24) is 14.9 Å². The van der Waals surface area contributed by atoms with Crippen LogP contribution in [0.5, 0.6) is 5.75 Å². The summed E-state index contributed by atoms with van der Waals surface area (Å²) in [7, 11) is 0. The maximum atomic E-state index is 14.4. The highest BCUT2D eigenvalue weighted by Gasteiger charge is 2.45. The average Bonchev–Trinajstić information content (AvgIpc) is 3.36. The van der Waals surface area contributed by atoms with Crippen LogP contribution >= 0.6 is 0 Å². The quantitative estimate of drug-likeness (QED) is 0.545. The summed E-state index contributed by atoms with van der Waals surface area (Å²) in [5, 5.41) is 24.7. The number of nitrogens with two attached hydrogens (primary N) is 1. The molecule has 5 rings (SSSR count). The summed E-state index contributed by atoms with van der Waals surface area (Å²) in [4.78, 5) is 4.22. The van der Waals surface area contributed by atoms with Gasteiger partial charge in [-0.2, -0.15) is 0 Å². The molecule has 8 heteroatoms. The molecule has 7 nitrogen and oxygen atoms in total. The number of halogens is 1. The average molecular weight is 384 g/mol. The van der Waals surface area contributed by atoms with Crippen LogP contribution in [0.2, 0.25) is 0 Å². The SMILES string of the molecule is Nc1ccnc2c1c(F)cn2C1C[C@@H](Oc2cccc3c2CNC3)[C@@H](O)[C@H]1O. The van der Waals surface area contributed by atoms with Gasteiger partial charge in [0.15, 0.2) is 5.82 Å². The molecule has 5 N–H and O–H groups in total. The first kappa shape index (κ1) is 17.4. The van der Waals surface area contributed by atoms with Gasteiger partial charge in [-0.25, -0.2) is 9.37 Å². The van der Waals surface area contributed by atoms with Crippen molar-refractivity contribution in [3.05, 3.63) is 53.6 Å². The van der Waals surface area contributed by atoms with E-state index in [1.165, 1.54) is 24.0 Å². The molecule has 0 radical (unpaired) electrons. The van der Waals surface area contributed by atoms with Crippen LogP contribution in [0.25, 0.3) is 11.0 Å². The Labute approximate surface area is 160 Å². The predicted molar refractivity (Wildman–Crippen MR) is 101 cm³/mol. The Hall–Kier alpha value is -2.68. The number of rotatable bonds is 3. The maximum Gasteiger partial charge on any atom is 0.152 e. The van der Waals surface area contributed by atoms with Crippen molar-refractivity contribution in [3.63, 3.8) is 0 Å². The van der Waals surface area contributed by atoms with Gasteiger partial charge in [-0.1, -0.05) is 12.1 Å². The van der Waals surface area contributed by atoms with Crippen molar-refractivity contribution in [2.45, 2.75) is 43.9 Å². The van der Waals surface area contributed by atoms with Gasteiger partial charge >= 0.3 is 0 Å². The number of nitrogen functional groups attached to an aromatic ring is 1. The van der Waals surface area contributed by atoms with Gasteiger partial charge in [-0.15, -0.1) is 0 Å². The largest absolute Gasteiger partial charge is 0.487 e. The summed E-state index contributed by atoms with van der Waals surface area (Å²) in [5.74, 6) is 0.198. The zero-order valence-corrected chi connectivity index (χ0v) is 15.0. The summed E-state index contributed by atoms with van der Waals surface area (Å²) >= 11 is 0.